The highest BCUT2D eigenvalue weighted by Gasteiger charge is 2.14. The monoisotopic (exact) mass is 321 g/mol. The van der Waals surface area contributed by atoms with Crippen LogP contribution < -0.4 is 15.2 Å². The zero-order chi connectivity index (χ0) is 15.2. The van der Waals surface area contributed by atoms with Gasteiger partial charge in [-0.25, -0.2) is 26.3 Å². The van der Waals surface area contributed by atoms with Gasteiger partial charge in [-0.2, -0.15) is 0 Å². The number of nitrogens with two attached hydrogens (primary N) is 1. The van der Waals surface area contributed by atoms with Crippen LogP contribution in [0.2, 0.25) is 0 Å². The van der Waals surface area contributed by atoms with E-state index in [9.17, 15) is 16.8 Å². The van der Waals surface area contributed by atoms with Crippen LogP contribution in [-0.4, -0.2) is 35.7 Å². The molecule has 0 bridgehead atoms. The Morgan fingerprint density at radius 2 is 1.80 bits per heavy atom. The predicted octanol–water partition coefficient (Wildman–Crippen LogP) is -0.372. The molecule has 1 aromatic rings. The van der Waals surface area contributed by atoms with E-state index in [0.29, 0.717) is 11.3 Å². The summed E-state index contributed by atoms with van der Waals surface area (Å²) in [5.41, 5.74) is 6.59. The second-order valence-corrected chi connectivity index (χ2v) is 7.95. The Labute approximate surface area is 119 Å². The fourth-order valence-electron chi connectivity index (χ4n) is 1.58. The molecule has 9 heteroatoms. The van der Waals surface area contributed by atoms with Crippen molar-refractivity contribution < 1.29 is 16.8 Å². The lowest BCUT2D eigenvalue weighted by Gasteiger charge is -2.08. The largest absolute Gasteiger partial charge is 0.399 e. The highest BCUT2D eigenvalue weighted by molar-refractivity contribution is 7.90. The summed E-state index contributed by atoms with van der Waals surface area (Å²) in [6, 6.07) is 6.53. The van der Waals surface area contributed by atoms with E-state index >= 15 is 0 Å². The summed E-state index contributed by atoms with van der Waals surface area (Å²) in [5.74, 6) is -0.531. The van der Waals surface area contributed by atoms with Gasteiger partial charge in [0.05, 0.1) is 11.5 Å². The SMILES string of the molecule is CCNS(=O)(=O)CCNS(=O)(=O)Cc1cccc(N)c1. The normalized spacial score (nSPS) is 12.4. The van der Waals surface area contributed by atoms with Gasteiger partial charge in [0.2, 0.25) is 20.0 Å². The smallest absolute Gasteiger partial charge is 0.215 e. The molecular formula is C11H19N3O4S2. The Balaban J connectivity index is 2.55. The average molecular weight is 321 g/mol. The lowest BCUT2D eigenvalue weighted by Crippen LogP contribution is -2.34. The first kappa shape index (κ1) is 16.9. The van der Waals surface area contributed by atoms with Gasteiger partial charge in [0, 0.05) is 18.8 Å². The number of sulfonamides is 2. The van der Waals surface area contributed by atoms with E-state index in [-0.39, 0.29) is 24.6 Å². The predicted molar refractivity (Wildman–Crippen MR) is 78.9 cm³/mol. The quantitative estimate of drug-likeness (QED) is 0.564. The van der Waals surface area contributed by atoms with Crippen LogP contribution >= 0.6 is 0 Å². The minimum absolute atomic E-state index is 0.167. The van der Waals surface area contributed by atoms with Gasteiger partial charge in [0.25, 0.3) is 0 Å². The van der Waals surface area contributed by atoms with Gasteiger partial charge < -0.3 is 5.73 Å². The van der Waals surface area contributed by atoms with Crippen molar-refractivity contribution in [2.45, 2.75) is 12.7 Å². The van der Waals surface area contributed by atoms with Crippen molar-refractivity contribution in [2.75, 3.05) is 24.6 Å². The van der Waals surface area contributed by atoms with Crippen LogP contribution in [0.4, 0.5) is 5.69 Å². The minimum atomic E-state index is -3.59. The number of hydrogen-bond acceptors (Lipinski definition) is 5. The Kier molecular flexibility index (Phi) is 5.93. The van der Waals surface area contributed by atoms with E-state index in [1.54, 1.807) is 31.2 Å². The lowest BCUT2D eigenvalue weighted by atomic mass is 10.2. The summed E-state index contributed by atoms with van der Waals surface area (Å²) in [5, 5.41) is 0. The summed E-state index contributed by atoms with van der Waals surface area (Å²) >= 11 is 0. The van der Waals surface area contributed by atoms with E-state index in [4.69, 9.17) is 5.73 Å². The molecule has 0 spiro atoms. The fourth-order valence-corrected chi connectivity index (χ4v) is 3.79. The second kappa shape index (κ2) is 7.02. The number of nitrogens with one attached hydrogen (secondary N) is 2. The van der Waals surface area contributed by atoms with Gasteiger partial charge in [0.1, 0.15) is 0 Å². The maximum atomic E-state index is 11.8. The van der Waals surface area contributed by atoms with Crippen LogP contribution in [0, 0.1) is 0 Å². The van der Waals surface area contributed by atoms with Crippen molar-refractivity contribution in [3.8, 4) is 0 Å². The van der Waals surface area contributed by atoms with E-state index in [2.05, 4.69) is 9.44 Å². The first-order chi connectivity index (χ1) is 9.24. The molecule has 0 saturated heterocycles. The average Bonchev–Trinajstić information content (AvgIpc) is 2.27. The molecule has 1 aromatic carbocycles. The molecule has 0 aromatic heterocycles. The zero-order valence-corrected chi connectivity index (χ0v) is 12.8. The fraction of sp³-hybridized carbons (Fsp3) is 0.455. The molecule has 0 saturated carbocycles. The molecular weight excluding hydrogens is 302 g/mol. The highest BCUT2D eigenvalue weighted by Crippen LogP contribution is 2.09. The van der Waals surface area contributed by atoms with Crippen molar-refractivity contribution in [1.82, 2.24) is 9.44 Å². The van der Waals surface area contributed by atoms with Gasteiger partial charge in [-0.3, -0.25) is 0 Å². The van der Waals surface area contributed by atoms with Gasteiger partial charge >= 0.3 is 0 Å². The third-order valence-electron chi connectivity index (χ3n) is 2.36. The Bertz CT molecular complexity index is 641. The van der Waals surface area contributed by atoms with Gasteiger partial charge in [-0.05, 0) is 17.7 Å². The van der Waals surface area contributed by atoms with Crippen LogP contribution in [0.3, 0.4) is 0 Å². The first-order valence-electron chi connectivity index (χ1n) is 6.03. The van der Waals surface area contributed by atoms with Crippen molar-refractivity contribution >= 4 is 25.7 Å². The Morgan fingerprint density at radius 1 is 1.10 bits per heavy atom. The van der Waals surface area contributed by atoms with Crippen LogP contribution in [-0.2, 0) is 25.8 Å². The maximum Gasteiger partial charge on any atom is 0.215 e. The van der Waals surface area contributed by atoms with Gasteiger partial charge in [-0.15, -0.1) is 0 Å². The minimum Gasteiger partial charge on any atom is -0.399 e. The van der Waals surface area contributed by atoms with Gasteiger partial charge in [-0.1, -0.05) is 19.1 Å². The number of benzene rings is 1. The molecule has 4 N–H and O–H groups in total. The number of rotatable bonds is 8. The van der Waals surface area contributed by atoms with E-state index in [1.807, 2.05) is 0 Å². The van der Waals surface area contributed by atoms with Crippen LogP contribution in [0.1, 0.15) is 12.5 Å². The number of hydrogen-bond donors (Lipinski definition) is 3. The summed E-state index contributed by atoms with van der Waals surface area (Å²) in [6.07, 6.45) is 0. The molecule has 0 amide bonds. The van der Waals surface area contributed by atoms with E-state index in [1.165, 1.54) is 0 Å². The molecule has 0 heterocycles. The summed E-state index contributed by atoms with van der Waals surface area (Å²) in [4.78, 5) is 0. The van der Waals surface area contributed by atoms with E-state index in [0.717, 1.165) is 0 Å². The zero-order valence-electron chi connectivity index (χ0n) is 11.2. The second-order valence-electron chi connectivity index (χ2n) is 4.22. The highest BCUT2D eigenvalue weighted by atomic mass is 32.2. The Morgan fingerprint density at radius 3 is 2.40 bits per heavy atom. The molecule has 0 aliphatic carbocycles. The van der Waals surface area contributed by atoms with Crippen LogP contribution in [0.25, 0.3) is 0 Å². The molecule has 0 aliphatic rings. The molecule has 114 valence electrons. The van der Waals surface area contributed by atoms with Crippen molar-refractivity contribution in [3.63, 3.8) is 0 Å². The number of nitrogen functional groups attached to an aromatic ring is 1. The summed E-state index contributed by atoms with van der Waals surface area (Å²) in [7, 11) is -7.02. The van der Waals surface area contributed by atoms with E-state index < -0.39 is 20.0 Å². The van der Waals surface area contributed by atoms with Crippen LogP contribution in [0.5, 0.6) is 0 Å². The van der Waals surface area contributed by atoms with Gasteiger partial charge in [0.15, 0.2) is 0 Å². The molecule has 0 radical (unpaired) electrons. The van der Waals surface area contributed by atoms with Crippen molar-refractivity contribution in [2.24, 2.45) is 0 Å². The van der Waals surface area contributed by atoms with Crippen molar-refractivity contribution in [1.29, 1.82) is 0 Å². The molecule has 0 fully saturated rings. The summed E-state index contributed by atoms with van der Waals surface area (Å²) in [6.45, 7) is 1.76. The lowest BCUT2D eigenvalue weighted by molar-refractivity contribution is 0.576. The third kappa shape index (κ3) is 6.33. The molecule has 20 heavy (non-hydrogen) atoms. The maximum absolute atomic E-state index is 11.8. The van der Waals surface area contributed by atoms with Crippen LogP contribution in [0.15, 0.2) is 24.3 Å². The Hall–Kier alpha value is -1.16. The molecule has 0 aliphatic heterocycles. The number of anilines is 1. The first-order valence-corrected chi connectivity index (χ1v) is 9.33. The molecule has 1 rings (SSSR count). The van der Waals surface area contributed by atoms with Crippen molar-refractivity contribution in [3.05, 3.63) is 29.8 Å². The summed E-state index contributed by atoms with van der Waals surface area (Å²) < 4.78 is 50.8. The standard InChI is InChI=1S/C11H19N3O4S2/c1-2-13-19(15,16)7-6-14-20(17,18)9-10-4-3-5-11(12)8-10/h3-5,8,13-14H,2,6-7,9,12H2,1H3. The topological polar surface area (TPSA) is 118 Å². The molecule has 0 unspecified atom stereocenters. The molecule has 7 nitrogen and oxygen atoms in total. The third-order valence-corrected chi connectivity index (χ3v) is 5.19. The molecule has 0 atom stereocenters.